The Morgan fingerprint density at radius 2 is 2.11 bits per heavy atom. The van der Waals surface area contributed by atoms with Crippen molar-refractivity contribution in [2.45, 2.75) is 33.2 Å². The van der Waals surface area contributed by atoms with Gasteiger partial charge in [0.25, 0.3) is 0 Å². The minimum atomic E-state index is -3.14. The van der Waals surface area contributed by atoms with Gasteiger partial charge in [-0.2, -0.15) is 0 Å². The van der Waals surface area contributed by atoms with Gasteiger partial charge in [-0.15, -0.1) is 0 Å². The van der Waals surface area contributed by atoms with Gasteiger partial charge in [0.2, 0.25) is 5.91 Å². The van der Waals surface area contributed by atoms with Gasteiger partial charge in [0.05, 0.1) is 17.7 Å². The lowest BCUT2D eigenvalue weighted by molar-refractivity contribution is -0.125. The fourth-order valence-electron chi connectivity index (χ4n) is 1.99. The molecule has 0 spiro atoms. The molecule has 0 aliphatic carbocycles. The van der Waals surface area contributed by atoms with E-state index in [-0.39, 0.29) is 29.5 Å². The maximum atomic E-state index is 12.0. The summed E-state index contributed by atoms with van der Waals surface area (Å²) in [5.74, 6) is -0.494. The van der Waals surface area contributed by atoms with E-state index in [0.29, 0.717) is 6.42 Å². The Morgan fingerprint density at radius 3 is 2.50 bits per heavy atom. The van der Waals surface area contributed by atoms with E-state index in [0.717, 1.165) is 5.41 Å². The number of hydrogen-bond donors (Lipinski definition) is 2. The second kappa shape index (κ2) is 5.40. The maximum absolute atomic E-state index is 12.0. The molecular weight excluding hydrogens is 252 g/mol. The van der Waals surface area contributed by atoms with E-state index in [9.17, 15) is 13.2 Å². The van der Waals surface area contributed by atoms with Crippen molar-refractivity contribution in [3.8, 4) is 0 Å². The lowest BCUT2D eigenvalue weighted by Gasteiger charge is -2.25. The van der Waals surface area contributed by atoms with Crippen molar-refractivity contribution in [1.29, 1.82) is 0 Å². The van der Waals surface area contributed by atoms with Crippen LogP contribution in [0.5, 0.6) is 0 Å². The zero-order chi connectivity index (χ0) is 14.0. The van der Waals surface area contributed by atoms with Crippen molar-refractivity contribution >= 4 is 15.7 Å². The van der Waals surface area contributed by atoms with Crippen LogP contribution < -0.4 is 11.1 Å². The van der Waals surface area contributed by atoms with Crippen LogP contribution in [0.2, 0.25) is 0 Å². The van der Waals surface area contributed by atoms with Crippen molar-refractivity contribution in [2.24, 2.45) is 17.1 Å². The third-order valence-corrected chi connectivity index (χ3v) is 4.17. The second-order valence-corrected chi connectivity index (χ2v) is 7.90. The average molecular weight is 274 g/mol. The molecule has 2 unspecified atom stereocenters. The first kappa shape index (κ1) is 15.2. The molecule has 1 aliphatic heterocycles. The van der Waals surface area contributed by atoms with Gasteiger partial charge in [0.1, 0.15) is 0 Å². The number of rotatable bonds is 4. The predicted octanol–water partition coefficient (Wildman–Crippen LogP) is 0.424. The van der Waals surface area contributed by atoms with Crippen LogP contribution in [-0.2, 0) is 14.6 Å². The van der Waals surface area contributed by atoms with Crippen molar-refractivity contribution in [3.63, 3.8) is 0 Å². The molecule has 0 bridgehead atoms. The molecule has 3 N–H and O–H groups in total. The van der Waals surface area contributed by atoms with Gasteiger partial charge in [-0.1, -0.05) is 20.8 Å². The molecule has 5 nitrogen and oxygen atoms in total. The Bertz CT molecular complexity index is 435. The van der Waals surface area contributed by atoms with Crippen LogP contribution in [0.15, 0.2) is 11.5 Å². The summed E-state index contributed by atoms with van der Waals surface area (Å²) in [7, 11) is -3.14. The molecule has 2 atom stereocenters. The Morgan fingerprint density at radius 1 is 1.50 bits per heavy atom. The number of nitrogens with two attached hydrogens (primary N) is 1. The zero-order valence-corrected chi connectivity index (χ0v) is 12.0. The topological polar surface area (TPSA) is 89.3 Å². The lowest BCUT2D eigenvalue weighted by Crippen LogP contribution is -2.42. The summed E-state index contributed by atoms with van der Waals surface area (Å²) >= 11 is 0. The van der Waals surface area contributed by atoms with E-state index >= 15 is 0 Å². The first-order valence-corrected chi connectivity index (χ1v) is 7.76. The highest BCUT2D eigenvalue weighted by Gasteiger charge is 2.28. The number of nitrogens with one attached hydrogen (secondary N) is 1. The largest absolute Gasteiger partial charge is 0.349 e. The van der Waals surface area contributed by atoms with Gasteiger partial charge in [-0.05, 0) is 17.9 Å². The van der Waals surface area contributed by atoms with Crippen LogP contribution >= 0.6 is 0 Å². The Hall–Kier alpha value is -0.880. The van der Waals surface area contributed by atoms with Crippen molar-refractivity contribution in [3.05, 3.63) is 11.5 Å². The summed E-state index contributed by atoms with van der Waals surface area (Å²) in [6.07, 6.45) is 2.19. The van der Waals surface area contributed by atoms with Crippen LogP contribution in [0.3, 0.4) is 0 Å². The molecular formula is C12H22N2O3S. The molecule has 1 heterocycles. The van der Waals surface area contributed by atoms with Gasteiger partial charge in [0, 0.05) is 12.0 Å². The summed E-state index contributed by atoms with van der Waals surface area (Å²) in [6, 6.07) is -0.420. The smallest absolute Gasteiger partial charge is 0.224 e. The monoisotopic (exact) mass is 274 g/mol. The van der Waals surface area contributed by atoms with E-state index in [1.165, 1.54) is 6.08 Å². The number of carbonyl (C=O) groups excluding carboxylic acids is 1. The number of amides is 1. The number of hydrogen-bond acceptors (Lipinski definition) is 4. The molecule has 18 heavy (non-hydrogen) atoms. The second-order valence-electron chi connectivity index (χ2n) is 5.97. The molecule has 0 aromatic carbocycles. The normalized spacial score (nSPS) is 23.9. The highest BCUT2D eigenvalue weighted by atomic mass is 32.2. The van der Waals surface area contributed by atoms with Crippen molar-refractivity contribution < 1.29 is 13.2 Å². The number of sulfone groups is 1. The number of carbonyl (C=O) groups is 1. The van der Waals surface area contributed by atoms with Gasteiger partial charge in [-0.25, -0.2) is 8.42 Å². The Balaban J connectivity index is 2.57. The van der Waals surface area contributed by atoms with E-state index < -0.39 is 15.9 Å². The molecule has 1 amide bonds. The summed E-state index contributed by atoms with van der Waals surface area (Å²) < 4.78 is 22.5. The van der Waals surface area contributed by atoms with E-state index in [4.69, 9.17) is 5.73 Å². The first-order chi connectivity index (χ1) is 8.13. The maximum Gasteiger partial charge on any atom is 0.224 e. The third-order valence-electron chi connectivity index (χ3n) is 2.77. The van der Waals surface area contributed by atoms with Crippen LogP contribution in [0, 0.1) is 11.3 Å². The van der Waals surface area contributed by atoms with E-state index in [1.54, 1.807) is 0 Å². The Labute approximate surface area is 109 Å². The predicted molar refractivity (Wildman–Crippen MR) is 71.5 cm³/mol. The van der Waals surface area contributed by atoms with E-state index in [2.05, 4.69) is 5.32 Å². The lowest BCUT2D eigenvalue weighted by atomic mass is 9.84. The third kappa shape index (κ3) is 4.78. The fourth-order valence-corrected chi connectivity index (χ4v) is 3.22. The molecule has 104 valence electrons. The minimum absolute atomic E-state index is 0.0129. The van der Waals surface area contributed by atoms with Gasteiger partial charge in [0.15, 0.2) is 9.84 Å². The van der Waals surface area contributed by atoms with Crippen LogP contribution in [0.4, 0.5) is 0 Å². The quantitative estimate of drug-likeness (QED) is 0.777. The van der Waals surface area contributed by atoms with Gasteiger partial charge >= 0.3 is 0 Å². The highest BCUT2D eigenvalue weighted by molar-refractivity contribution is 7.94. The van der Waals surface area contributed by atoms with Crippen LogP contribution in [0.1, 0.15) is 27.2 Å². The standard InChI is InChI=1S/C12H22N2O3S/c1-12(2,3)6-9(7-13)11(15)14-10-4-5-18(16,17)8-10/h4-5,9-10H,6-8,13H2,1-3H3,(H,14,15). The van der Waals surface area contributed by atoms with Crippen LogP contribution in [0.25, 0.3) is 0 Å². The van der Waals surface area contributed by atoms with Gasteiger partial charge < -0.3 is 11.1 Å². The summed E-state index contributed by atoms with van der Waals surface area (Å²) in [6.45, 7) is 6.40. The van der Waals surface area contributed by atoms with E-state index in [1.807, 2.05) is 20.8 Å². The molecule has 0 saturated carbocycles. The summed E-state index contributed by atoms with van der Waals surface area (Å²) in [5.41, 5.74) is 5.62. The molecule has 0 saturated heterocycles. The molecule has 0 radical (unpaired) electrons. The average Bonchev–Trinajstić information content (AvgIpc) is 2.53. The van der Waals surface area contributed by atoms with Crippen molar-refractivity contribution in [1.82, 2.24) is 5.32 Å². The molecule has 0 aromatic rings. The molecule has 0 fully saturated rings. The molecule has 0 aromatic heterocycles. The zero-order valence-electron chi connectivity index (χ0n) is 11.1. The first-order valence-electron chi connectivity index (χ1n) is 6.04. The summed E-state index contributed by atoms with van der Waals surface area (Å²) in [5, 5.41) is 3.88. The fraction of sp³-hybridized carbons (Fsp3) is 0.750. The SMILES string of the molecule is CC(C)(C)CC(CN)C(=O)NC1C=CS(=O)(=O)C1. The minimum Gasteiger partial charge on any atom is -0.349 e. The van der Waals surface area contributed by atoms with Crippen molar-refractivity contribution in [2.75, 3.05) is 12.3 Å². The summed E-state index contributed by atoms with van der Waals surface area (Å²) in [4.78, 5) is 12.0. The molecule has 1 aliphatic rings. The Kier molecular flexibility index (Phi) is 4.55. The van der Waals surface area contributed by atoms with Gasteiger partial charge in [-0.3, -0.25) is 4.79 Å². The molecule has 1 rings (SSSR count). The molecule has 6 heteroatoms. The van der Waals surface area contributed by atoms with Crippen LogP contribution in [-0.4, -0.2) is 32.7 Å². The highest BCUT2D eigenvalue weighted by Crippen LogP contribution is 2.24.